The summed E-state index contributed by atoms with van der Waals surface area (Å²) in [5.74, 6) is 1.88. The highest BCUT2D eigenvalue weighted by Gasteiger charge is 2.54. The fraction of sp³-hybridized carbons (Fsp3) is 0.385. The SMILES string of the molecule is C=CC1C[N+]2(Cc3cccnc3)CCC1C[C@H]2[C@H](O)c1ccnc2ccc(OC)cc12. The maximum absolute atomic E-state index is 11.8. The van der Waals surface area contributed by atoms with Crippen LogP contribution < -0.4 is 4.74 Å². The summed E-state index contributed by atoms with van der Waals surface area (Å²) >= 11 is 0. The maximum Gasteiger partial charge on any atom is 0.131 e. The van der Waals surface area contributed by atoms with E-state index in [4.69, 9.17) is 4.74 Å². The van der Waals surface area contributed by atoms with E-state index in [0.717, 1.165) is 52.8 Å². The average molecular weight is 417 g/mol. The minimum absolute atomic E-state index is 0.131. The molecule has 1 N–H and O–H groups in total. The molecule has 6 rings (SSSR count). The first-order valence-electron chi connectivity index (χ1n) is 11.1. The van der Waals surface area contributed by atoms with Crippen LogP contribution in [-0.4, -0.2) is 45.8 Å². The zero-order chi connectivity index (χ0) is 21.4. The molecule has 3 aliphatic rings. The van der Waals surface area contributed by atoms with Crippen molar-refractivity contribution < 1.29 is 14.3 Å². The van der Waals surface area contributed by atoms with Crippen LogP contribution in [0.3, 0.4) is 0 Å². The molecule has 5 atom stereocenters. The van der Waals surface area contributed by atoms with Crippen molar-refractivity contribution in [1.29, 1.82) is 0 Å². The highest BCUT2D eigenvalue weighted by atomic mass is 16.5. The van der Waals surface area contributed by atoms with E-state index in [-0.39, 0.29) is 6.04 Å². The molecule has 0 spiro atoms. The predicted octanol–water partition coefficient (Wildman–Crippen LogP) is 4.28. The fourth-order valence-electron chi connectivity index (χ4n) is 5.98. The second kappa shape index (κ2) is 8.06. The van der Waals surface area contributed by atoms with Gasteiger partial charge in [0.25, 0.3) is 0 Å². The number of methoxy groups -OCH3 is 1. The van der Waals surface area contributed by atoms with E-state index >= 15 is 0 Å². The second-order valence-corrected chi connectivity index (χ2v) is 9.12. The number of rotatable bonds is 6. The summed E-state index contributed by atoms with van der Waals surface area (Å²) in [6.45, 7) is 7.12. The van der Waals surface area contributed by atoms with Crippen molar-refractivity contribution in [3.8, 4) is 5.75 Å². The molecule has 0 saturated carbocycles. The molecule has 1 aromatic carbocycles. The Labute approximate surface area is 183 Å². The van der Waals surface area contributed by atoms with Crippen molar-refractivity contribution in [1.82, 2.24) is 9.97 Å². The van der Waals surface area contributed by atoms with Crippen LogP contribution in [0.4, 0.5) is 0 Å². The van der Waals surface area contributed by atoms with E-state index in [1.807, 2.05) is 48.9 Å². The summed E-state index contributed by atoms with van der Waals surface area (Å²) in [4.78, 5) is 8.85. The summed E-state index contributed by atoms with van der Waals surface area (Å²) in [6.07, 6.45) is 9.35. The van der Waals surface area contributed by atoms with Gasteiger partial charge in [0.2, 0.25) is 0 Å². The topological polar surface area (TPSA) is 55.2 Å². The second-order valence-electron chi connectivity index (χ2n) is 9.12. The summed E-state index contributed by atoms with van der Waals surface area (Å²) < 4.78 is 6.33. The van der Waals surface area contributed by atoms with Gasteiger partial charge in [0.05, 0.1) is 25.7 Å². The molecule has 0 radical (unpaired) electrons. The molecule has 3 unspecified atom stereocenters. The number of hydrogen-bond donors (Lipinski definition) is 1. The summed E-state index contributed by atoms with van der Waals surface area (Å²) in [6, 6.07) is 12.1. The lowest BCUT2D eigenvalue weighted by Crippen LogP contribution is -2.67. The molecule has 2 aromatic heterocycles. The Hall–Kier alpha value is -2.76. The number of fused-ring (bicyclic) bond motifs is 4. The fourth-order valence-corrected chi connectivity index (χ4v) is 5.98. The molecule has 5 heterocycles. The smallest absolute Gasteiger partial charge is 0.131 e. The van der Waals surface area contributed by atoms with E-state index < -0.39 is 6.10 Å². The molecule has 3 aliphatic heterocycles. The zero-order valence-corrected chi connectivity index (χ0v) is 18.0. The van der Waals surface area contributed by atoms with Gasteiger partial charge >= 0.3 is 0 Å². The number of benzene rings is 1. The van der Waals surface area contributed by atoms with Gasteiger partial charge in [0.1, 0.15) is 24.4 Å². The number of nitrogens with zero attached hydrogens (tertiary/aromatic N) is 3. The van der Waals surface area contributed by atoms with Gasteiger partial charge < -0.3 is 14.3 Å². The van der Waals surface area contributed by atoms with E-state index in [2.05, 4.69) is 28.7 Å². The van der Waals surface area contributed by atoms with Gasteiger partial charge in [0.15, 0.2) is 0 Å². The number of ether oxygens (including phenoxy) is 1. The lowest BCUT2D eigenvalue weighted by molar-refractivity contribution is -0.985. The van der Waals surface area contributed by atoms with Crippen LogP contribution in [0.25, 0.3) is 10.9 Å². The van der Waals surface area contributed by atoms with Crippen molar-refractivity contribution in [2.24, 2.45) is 11.8 Å². The van der Waals surface area contributed by atoms with Gasteiger partial charge in [0, 0.05) is 48.3 Å². The highest BCUT2D eigenvalue weighted by Crippen LogP contribution is 2.48. The van der Waals surface area contributed by atoms with Crippen LogP contribution in [0.1, 0.15) is 30.1 Å². The number of aromatic nitrogens is 2. The van der Waals surface area contributed by atoms with Crippen molar-refractivity contribution in [3.63, 3.8) is 0 Å². The molecule has 5 nitrogen and oxygen atoms in total. The van der Waals surface area contributed by atoms with E-state index in [1.165, 1.54) is 12.0 Å². The van der Waals surface area contributed by atoms with E-state index in [0.29, 0.717) is 11.8 Å². The quantitative estimate of drug-likeness (QED) is 0.481. The molecular weight excluding hydrogens is 386 g/mol. The first-order chi connectivity index (χ1) is 15.1. The number of hydrogen-bond acceptors (Lipinski definition) is 4. The Balaban J connectivity index is 1.56. The number of pyridine rings is 2. The van der Waals surface area contributed by atoms with Crippen LogP contribution in [0, 0.1) is 11.8 Å². The zero-order valence-electron chi connectivity index (χ0n) is 18.0. The Morgan fingerprint density at radius 3 is 2.97 bits per heavy atom. The van der Waals surface area contributed by atoms with Gasteiger partial charge in [-0.2, -0.15) is 0 Å². The molecule has 0 amide bonds. The van der Waals surface area contributed by atoms with Gasteiger partial charge in [-0.1, -0.05) is 12.1 Å². The van der Waals surface area contributed by atoms with Crippen LogP contribution in [-0.2, 0) is 6.54 Å². The minimum Gasteiger partial charge on any atom is -0.497 e. The Morgan fingerprint density at radius 2 is 2.19 bits per heavy atom. The normalized spacial score (nSPS) is 28.4. The van der Waals surface area contributed by atoms with Gasteiger partial charge in [-0.15, -0.1) is 6.58 Å². The van der Waals surface area contributed by atoms with Gasteiger partial charge in [-0.05, 0) is 41.8 Å². The number of aliphatic hydroxyl groups excluding tert-OH is 1. The monoisotopic (exact) mass is 416 g/mol. The van der Waals surface area contributed by atoms with E-state index in [1.54, 1.807) is 7.11 Å². The number of quaternary nitrogens is 1. The van der Waals surface area contributed by atoms with E-state index in [9.17, 15) is 5.11 Å². The molecular formula is C26H30N3O2+. The molecule has 5 heteroatoms. The third-order valence-electron chi connectivity index (χ3n) is 7.56. The van der Waals surface area contributed by atoms with Crippen molar-refractivity contribution in [2.45, 2.75) is 31.5 Å². The highest BCUT2D eigenvalue weighted by molar-refractivity contribution is 5.83. The number of piperidine rings is 3. The summed E-state index contributed by atoms with van der Waals surface area (Å²) in [5.41, 5.74) is 3.06. The van der Waals surface area contributed by atoms with Crippen LogP contribution in [0.15, 0.2) is 67.6 Å². The van der Waals surface area contributed by atoms with Crippen LogP contribution >= 0.6 is 0 Å². The largest absolute Gasteiger partial charge is 0.497 e. The standard InChI is InChI=1S/C26H30N3O2/c1-3-19-17-29(16-18-5-4-10-27-15-18)12-9-20(19)13-25(29)26(30)22-8-11-28-24-7-6-21(31-2)14-23(22)24/h3-8,10-11,14-15,19-20,25-26,30H,1,9,12-13,16-17H2,2H3/q+1/t19?,20?,25-,26+,29?/m0/s1. The molecule has 3 aromatic rings. The Bertz CT molecular complexity index is 1090. The predicted molar refractivity (Wildman–Crippen MR) is 121 cm³/mol. The van der Waals surface area contributed by atoms with Crippen molar-refractivity contribution in [2.75, 3.05) is 20.2 Å². The lowest BCUT2D eigenvalue weighted by Gasteiger charge is -2.58. The molecule has 3 fully saturated rings. The average Bonchev–Trinajstić information content (AvgIpc) is 2.83. The van der Waals surface area contributed by atoms with Crippen molar-refractivity contribution in [3.05, 3.63) is 78.8 Å². The summed E-state index contributed by atoms with van der Waals surface area (Å²) in [5, 5.41) is 12.8. The molecule has 3 saturated heterocycles. The van der Waals surface area contributed by atoms with Crippen LogP contribution in [0.2, 0.25) is 0 Å². The molecule has 2 bridgehead atoms. The van der Waals surface area contributed by atoms with Gasteiger partial charge in [-0.25, -0.2) is 0 Å². The first kappa shape index (κ1) is 20.2. The third-order valence-corrected chi connectivity index (χ3v) is 7.56. The molecule has 160 valence electrons. The van der Waals surface area contributed by atoms with Crippen LogP contribution in [0.5, 0.6) is 5.75 Å². The Kier molecular flexibility index (Phi) is 5.24. The lowest BCUT2D eigenvalue weighted by atomic mass is 9.71. The molecule has 31 heavy (non-hydrogen) atoms. The summed E-state index contributed by atoms with van der Waals surface area (Å²) in [7, 11) is 1.67. The first-order valence-corrected chi connectivity index (χ1v) is 11.1. The Morgan fingerprint density at radius 1 is 1.29 bits per heavy atom. The van der Waals surface area contributed by atoms with Crippen molar-refractivity contribution >= 4 is 10.9 Å². The minimum atomic E-state index is -0.567. The third kappa shape index (κ3) is 3.52. The maximum atomic E-state index is 11.8. The van der Waals surface area contributed by atoms with Gasteiger partial charge in [-0.3, -0.25) is 9.97 Å². The number of aliphatic hydroxyl groups is 1. The molecule has 0 aliphatic carbocycles.